The SMILES string of the molecule is OC(Cc1ccc(Cl)cc1)CC(c1ccccc1)N1CCC(c2ccccc2)CC1. The largest absolute Gasteiger partial charge is 0.393 e. The van der Waals surface area contributed by atoms with Gasteiger partial charge in [0.2, 0.25) is 0 Å². The van der Waals surface area contributed by atoms with Crippen molar-refractivity contribution in [1.82, 2.24) is 4.90 Å². The van der Waals surface area contributed by atoms with E-state index in [2.05, 4.69) is 65.6 Å². The van der Waals surface area contributed by atoms with Crippen molar-refractivity contribution in [3.63, 3.8) is 0 Å². The van der Waals surface area contributed by atoms with Gasteiger partial charge >= 0.3 is 0 Å². The summed E-state index contributed by atoms with van der Waals surface area (Å²) in [5.41, 5.74) is 3.88. The summed E-state index contributed by atoms with van der Waals surface area (Å²) in [6.07, 6.45) is 3.34. The van der Waals surface area contributed by atoms with Crippen molar-refractivity contribution in [2.75, 3.05) is 13.1 Å². The molecule has 1 aliphatic heterocycles. The third kappa shape index (κ3) is 5.51. The Morgan fingerprint density at radius 2 is 1.43 bits per heavy atom. The van der Waals surface area contributed by atoms with Crippen LogP contribution in [-0.4, -0.2) is 29.2 Å². The number of hydrogen-bond donors (Lipinski definition) is 1. The van der Waals surface area contributed by atoms with Crippen LogP contribution in [0.5, 0.6) is 0 Å². The van der Waals surface area contributed by atoms with Gasteiger partial charge in [-0.25, -0.2) is 0 Å². The van der Waals surface area contributed by atoms with Crippen LogP contribution in [0.1, 0.15) is 47.9 Å². The summed E-state index contributed by atoms with van der Waals surface area (Å²) >= 11 is 6.00. The fourth-order valence-electron chi connectivity index (χ4n) is 4.67. The second-order valence-corrected chi connectivity index (χ2v) is 8.80. The Kier molecular flexibility index (Phi) is 7.22. The van der Waals surface area contributed by atoms with Crippen molar-refractivity contribution in [2.24, 2.45) is 0 Å². The quantitative estimate of drug-likeness (QED) is 0.488. The first-order chi connectivity index (χ1) is 14.7. The number of halogens is 1. The Morgan fingerprint density at radius 1 is 0.833 bits per heavy atom. The summed E-state index contributed by atoms with van der Waals surface area (Å²) in [5.74, 6) is 0.637. The van der Waals surface area contributed by atoms with Crippen LogP contribution in [0.4, 0.5) is 0 Å². The van der Waals surface area contributed by atoms with E-state index in [9.17, 15) is 5.11 Å². The van der Waals surface area contributed by atoms with Crippen LogP contribution in [0.3, 0.4) is 0 Å². The van der Waals surface area contributed by atoms with Crippen molar-refractivity contribution < 1.29 is 5.11 Å². The Labute approximate surface area is 185 Å². The number of aliphatic hydroxyl groups is 1. The molecular formula is C27H30ClNO. The zero-order chi connectivity index (χ0) is 20.8. The van der Waals surface area contributed by atoms with Gasteiger partial charge in [-0.15, -0.1) is 0 Å². The molecule has 0 aromatic heterocycles. The Balaban J connectivity index is 1.43. The molecule has 3 aromatic rings. The van der Waals surface area contributed by atoms with Crippen LogP contribution in [0, 0.1) is 0 Å². The van der Waals surface area contributed by atoms with Crippen LogP contribution in [0.25, 0.3) is 0 Å². The maximum atomic E-state index is 10.9. The van der Waals surface area contributed by atoms with Crippen LogP contribution in [0.2, 0.25) is 5.02 Å². The lowest BCUT2D eigenvalue weighted by Crippen LogP contribution is -2.38. The number of nitrogens with zero attached hydrogens (tertiary/aromatic N) is 1. The van der Waals surface area contributed by atoms with Gasteiger partial charge in [0.25, 0.3) is 0 Å². The predicted molar refractivity (Wildman–Crippen MR) is 125 cm³/mol. The second kappa shape index (κ2) is 10.3. The molecule has 0 bridgehead atoms. The standard InChI is InChI=1S/C27H30ClNO/c28-25-13-11-21(12-14-25)19-26(30)20-27(24-9-5-2-6-10-24)29-17-15-23(16-18-29)22-7-3-1-4-8-22/h1-14,23,26-27,30H,15-20H2. The molecule has 2 atom stereocenters. The molecule has 0 radical (unpaired) electrons. The number of aliphatic hydroxyl groups excluding tert-OH is 1. The van der Waals surface area contributed by atoms with E-state index in [-0.39, 0.29) is 12.1 Å². The molecule has 4 rings (SSSR count). The first-order valence-corrected chi connectivity index (χ1v) is 11.3. The van der Waals surface area contributed by atoms with E-state index in [1.165, 1.54) is 24.0 Å². The summed E-state index contributed by atoms with van der Waals surface area (Å²) in [5, 5.41) is 11.6. The summed E-state index contributed by atoms with van der Waals surface area (Å²) < 4.78 is 0. The topological polar surface area (TPSA) is 23.5 Å². The average Bonchev–Trinajstić information content (AvgIpc) is 2.80. The minimum Gasteiger partial charge on any atom is -0.393 e. The van der Waals surface area contributed by atoms with Crippen molar-refractivity contribution in [1.29, 1.82) is 0 Å². The Bertz CT molecular complexity index is 889. The molecule has 0 amide bonds. The number of piperidine rings is 1. The molecule has 0 aliphatic carbocycles. The fraction of sp³-hybridized carbons (Fsp3) is 0.333. The van der Waals surface area contributed by atoms with E-state index in [1.54, 1.807) is 0 Å². The number of benzene rings is 3. The van der Waals surface area contributed by atoms with Crippen molar-refractivity contribution in [3.05, 3.63) is 107 Å². The molecule has 156 valence electrons. The van der Waals surface area contributed by atoms with Crippen LogP contribution < -0.4 is 0 Å². The van der Waals surface area contributed by atoms with Crippen molar-refractivity contribution in [2.45, 2.75) is 43.7 Å². The molecular weight excluding hydrogens is 390 g/mol. The van der Waals surface area contributed by atoms with Gasteiger partial charge in [-0.2, -0.15) is 0 Å². The molecule has 1 N–H and O–H groups in total. The maximum absolute atomic E-state index is 10.9. The van der Waals surface area contributed by atoms with Crippen molar-refractivity contribution >= 4 is 11.6 Å². The summed E-state index contributed by atoms with van der Waals surface area (Å²) in [4.78, 5) is 2.57. The summed E-state index contributed by atoms with van der Waals surface area (Å²) in [6.45, 7) is 2.12. The van der Waals surface area contributed by atoms with E-state index in [0.29, 0.717) is 12.3 Å². The number of rotatable bonds is 7. The summed E-state index contributed by atoms with van der Waals surface area (Å²) in [7, 11) is 0. The molecule has 1 heterocycles. The molecule has 1 aliphatic rings. The highest BCUT2D eigenvalue weighted by Crippen LogP contribution is 2.34. The first-order valence-electron chi connectivity index (χ1n) is 11.0. The molecule has 30 heavy (non-hydrogen) atoms. The van der Waals surface area contributed by atoms with Gasteiger partial charge in [0.1, 0.15) is 0 Å². The van der Waals surface area contributed by atoms with Crippen LogP contribution in [0.15, 0.2) is 84.9 Å². The smallest absolute Gasteiger partial charge is 0.0598 e. The van der Waals surface area contributed by atoms with Gasteiger partial charge in [-0.05, 0) is 73.5 Å². The third-order valence-electron chi connectivity index (χ3n) is 6.31. The molecule has 3 aromatic carbocycles. The predicted octanol–water partition coefficient (Wildman–Crippen LogP) is 6.25. The Hall–Kier alpha value is -2.13. The van der Waals surface area contributed by atoms with Gasteiger partial charge < -0.3 is 5.11 Å². The molecule has 0 saturated carbocycles. The lowest BCUT2D eigenvalue weighted by Gasteiger charge is -2.39. The normalized spacial score (nSPS) is 17.5. The molecule has 3 heteroatoms. The highest BCUT2D eigenvalue weighted by atomic mass is 35.5. The zero-order valence-electron chi connectivity index (χ0n) is 17.3. The first kappa shape index (κ1) is 21.1. The van der Waals surface area contributed by atoms with E-state index < -0.39 is 0 Å². The fourth-order valence-corrected chi connectivity index (χ4v) is 4.80. The average molecular weight is 420 g/mol. The van der Waals surface area contributed by atoms with Crippen LogP contribution >= 0.6 is 11.6 Å². The second-order valence-electron chi connectivity index (χ2n) is 8.37. The Morgan fingerprint density at radius 3 is 2.07 bits per heavy atom. The van der Waals surface area contributed by atoms with E-state index in [1.807, 2.05) is 24.3 Å². The van der Waals surface area contributed by atoms with Gasteiger partial charge in [0.05, 0.1) is 6.10 Å². The minimum atomic E-state index is -0.386. The molecule has 2 unspecified atom stereocenters. The van der Waals surface area contributed by atoms with E-state index >= 15 is 0 Å². The maximum Gasteiger partial charge on any atom is 0.0598 e. The van der Waals surface area contributed by atoms with E-state index in [4.69, 9.17) is 11.6 Å². The van der Waals surface area contributed by atoms with Crippen molar-refractivity contribution in [3.8, 4) is 0 Å². The minimum absolute atomic E-state index is 0.241. The molecule has 2 nitrogen and oxygen atoms in total. The zero-order valence-corrected chi connectivity index (χ0v) is 18.1. The molecule has 1 fully saturated rings. The monoisotopic (exact) mass is 419 g/mol. The third-order valence-corrected chi connectivity index (χ3v) is 6.56. The lowest BCUT2D eigenvalue weighted by atomic mass is 9.87. The highest BCUT2D eigenvalue weighted by Gasteiger charge is 2.28. The highest BCUT2D eigenvalue weighted by molar-refractivity contribution is 6.30. The van der Waals surface area contributed by atoms with Gasteiger partial charge in [-0.3, -0.25) is 4.90 Å². The van der Waals surface area contributed by atoms with Gasteiger partial charge in [0, 0.05) is 11.1 Å². The number of likely N-dealkylation sites (tertiary alicyclic amines) is 1. The number of hydrogen-bond acceptors (Lipinski definition) is 2. The van der Waals surface area contributed by atoms with E-state index in [0.717, 1.165) is 30.1 Å². The van der Waals surface area contributed by atoms with Gasteiger partial charge in [0.15, 0.2) is 0 Å². The summed E-state index contributed by atoms with van der Waals surface area (Å²) in [6, 6.07) is 29.6. The van der Waals surface area contributed by atoms with Crippen LogP contribution in [-0.2, 0) is 6.42 Å². The molecule has 0 spiro atoms. The molecule has 1 saturated heterocycles. The lowest BCUT2D eigenvalue weighted by molar-refractivity contribution is 0.0847. The van der Waals surface area contributed by atoms with Gasteiger partial charge in [-0.1, -0.05) is 84.4 Å².